The van der Waals surface area contributed by atoms with Crippen LogP contribution in [0.3, 0.4) is 0 Å². The van der Waals surface area contributed by atoms with Gasteiger partial charge in [-0.3, -0.25) is 4.79 Å². The third kappa shape index (κ3) is 2.62. The second kappa shape index (κ2) is 4.99. The lowest BCUT2D eigenvalue weighted by molar-refractivity contribution is 0.103. The Morgan fingerprint density at radius 3 is 2.57 bits per heavy atom. The molecule has 3 heteroatoms. The number of benzene rings is 1. The van der Waals surface area contributed by atoms with Crippen LogP contribution in [0, 0.1) is 12.3 Å². The zero-order valence-corrected chi connectivity index (χ0v) is 13.6. The highest BCUT2D eigenvalue weighted by molar-refractivity contribution is 7.16. The zero-order valence-electron chi connectivity index (χ0n) is 12.8. The fraction of sp³-hybridized carbons (Fsp3) is 0.389. The number of rotatable bonds is 2. The standard InChI is InChI=1S/C18H21NOS/c1-11-4-6-12(7-5-11)16(20)15-13-8-9-18(2,3)10-14(13)21-17(15)19/h4-7H,8-10,19H2,1-3H3. The van der Waals surface area contributed by atoms with E-state index in [-0.39, 0.29) is 5.78 Å². The van der Waals surface area contributed by atoms with Crippen molar-refractivity contribution >= 4 is 22.1 Å². The van der Waals surface area contributed by atoms with Crippen molar-refractivity contribution in [2.75, 3.05) is 5.73 Å². The Balaban J connectivity index is 2.02. The van der Waals surface area contributed by atoms with Gasteiger partial charge in [-0.2, -0.15) is 0 Å². The molecular weight excluding hydrogens is 278 g/mol. The number of carbonyl (C=O) groups is 1. The molecule has 0 bridgehead atoms. The topological polar surface area (TPSA) is 43.1 Å². The molecule has 2 nitrogen and oxygen atoms in total. The molecule has 3 rings (SSSR count). The van der Waals surface area contributed by atoms with Crippen LogP contribution in [0.2, 0.25) is 0 Å². The Morgan fingerprint density at radius 2 is 1.90 bits per heavy atom. The van der Waals surface area contributed by atoms with E-state index in [1.807, 2.05) is 31.2 Å². The Labute approximate surface area is 130 Å². The monoisotopic (exact) mass is 299 g/mol. The highest BCUT2D eigenvalue weighted by Gasteiger charge is 2.31. The normalized spacial score (nSPS) is 16.5. The van der Waals surface area contributed by atoms with Gasteiger partial charge in [0.2, 0.25) is 0 Å². The van der Waals surface area contributed by atoms with Gasteiger partial charge in [-0.1, -0.05) is 43.7 Å². The maximum Gasteiger partial charge on any atom is 0.196 e. The number of carbonyl (C=O) groups excluding carboxylic acids is 1. The maximum atomic E-state index is 12.8. The van der Waals surface area contributed by atoms with Crippen LogP contribution >= 0.6 is 11.3 Å². The van der Waals surface area contributed by atoms with Crippen LogP contribution in [-0.4, -0.2) is 5.78 Å². The van der Waals surface area contributed by atoms with Crippen LogP contribution in [0.4, 0.5) is 5.00 Å². The first kappa shape index (κ1) is 14.3. The average Bonchev–Trinajstić information content (AvgIpc) is 2.72. The van der Waals surface area contributed by atoms with Crippen molar-refractivity contribution in [2.45, 2.75) is 40.0 Å². The number of nitrogen functional groups attached to an aromatic ring is 1. The number of thiophene rings is 1. The number of fused-ring (bicyclic) bond motifs is 1. The Bertz CT molecular complexity index is 695. The van der Waals surface area contributed by atoms with E-state index in [0.29, 0.717) is 10.4 Å². The summed E-state index contributed by atoms with van der Waals surface area (Å²) in [5.74, 6) is 0.0738. The van der Waals surface area contributed by atoms with Crippen molar-refractivity contribution < 1.29 is 4.79 Å². The second-order valence-corrected chi connectivity index (χ2v) is 7.92. The third-order valence-corrected chi connectivity index (χ3v) is 5.41. The number of ketones is 1. The van der Waals surface area contributed by atoms with Crippen molar-refractivity contribution in [3.63, 3.8) is 0 Å². The lowest BCUT2D eigenvalue weighted by Gasteiger charge is -2.29. The quantitative estimate of drug-likeness (QED) is 0.836. The first-order valence-electron chi connectivity index (χ1n) is 7.39. The second-order valence-electron chi connectivity index (χ2n) is 6.78. The molecule has 2 aromatic rings. The number of anilines is 1. The summed E-state index contributed by atoms with van der Waals surface area (Å²) >= 11 is 1.60. The molecule has 0 saturated heterocycles. The van der Waals surface area contributed by atoms with Gasteiger partial charge in [-0.15, -0.1) is 11.3 Å². The molecule has 0 aliphatic heterocycles. The van der Waals surface area contributed by atoms with E-state index in [0.717, 1.165) is 36.0 Å². The molecule has 0 unspecified atom stereocenters. The Morgan fingerprint density at radius 1 is 1.24 bits per heavy atom. The largest absolute Gasteiger partial charge is 0.390 e. The average molecular weight is 299 g/mol. The van der Waals surface area contributed by atoms with Gasteiger partial charge in [0.25, 0.3) is 0 Å². The van der Waals surface area contributed by atoms with Crippen LogP contribution < -0.4 is 5.73 Å². The molecule has 1 aliphatic carbocycles. The third-order valence-electron chi connectivity index (χ3n) is 4.35. The van der Waals surface area contributed by atoms with Gasteiger partial charge in [0.05, 0.1) is 10.6 Å². The molecule has 2 N–H and O–H groups in total. The first-order chi connectivity index (χ1) is 9.87. The molecule has 0 fully saturated rings. The van der Waals surface area contributed by atoms with Crippen LogP contribution in [0.5, 0.6) is 0 Å². The summed E-state index contributed by atoms with van der Waals surface area (Å²) in [5.41, 5.74) is 10.3. The van der Waals surface area contributed by atoms with Crippen LogP contribution in [0.1, 0.15) is 52.2 Å². The van der Waals surface area contributed by atoms with Gasteiger partial charge in [0, 0.05) is 10.4 Å². The first-order valence-corrected chi connectivity index (χ1v) is 8.20. The molecule has 0 spiro atoms. The number of hydrogen-bond donors (Lipinski definition) is 1. The van der Waals surface area contributed by atoms with Gasteiger partial charge in [-0.05, 0) is 37.2 Å². The minimum atomic E-state index is 0.0738. The predicted molar refractivity (Wildman–Crippen MR) is 89.1 cm³/mol. The summed E-state index contributed by atoms with van der Waals surface area (Å²) in [4.78, 5) is 14.1. The van der Waals surface area contributed by atoms with Crippen molar-refractivity contribution in [3.05, 3.63) is 51.4 Å². The molecular formula is C18H21NOS. The fourth-order valence-corrected chi connectivity index (χ4v) is 4.40. The van der Waals surface area contributed by atoms with E-state index in [2.05, 4.69) is 13.8 Å². The zero-order chi connectivity index (χ0) is 15.2. The summed E-state index contributed by atoms with van der Waals surface area (Å²) in [6.45, 7) is 6.60. The van der Waals surface area contributed by atoms with Crippen molar-refractivity contribution in [2.24, 2.45) is 5.41 Å². The van der Waals surface area contributed by atoms with Crippen molar-refractivity contribution in [1.82, 2.24) is 0 Å². The van der Waals surface area contributed by atoms with E-state index in [1.54, 1.807) is 11.3 Å². The molecule has 0 saturated carbocycles. The van der Waals surface area contributed by atoms with Gasteiger partial charge in [-0.25, -0.2) is 0 Å². The minimum absolute atomic E-state index is 0.0738. The predicted octanol–water partition coefficient (Wildman–Crippen LogP) is 4.38. The van der Waals surface area contributed by atoms with Crippen LogP contribution in [0.15, 0.2) is 24.3 Å². The molecule has 0 radical (unpaired) electrons. The van der Waals surface area contributed by atoms with Crippen molar-refractivity contribution in [1.29, 1.82) is 0 Å². The molecule has 21 heavy (non-hydrogen) atoms. The molecule has 0 atom stereocenters. The minimum Gasteiger partial charge on any atom is -0.390 e. The summed E-state index contributed by atoms with van der Waals surface area (Å²) in [7, 11) is 0. The van der Waals surface area contributed by atoms with Gasteiger partial charge in [0.15, 0.2) is 5.78 Å². The Kier molecular flexibility index (Phi) is 3.40. The Hall–Kier alpha value is -1.61. The van der Waals surface area contributed by atoms with Crippen LogP contribution in [-0.2, 0) is 12.8 Å². The molecule has 1 aromatic heterocycles. The molecule has 1 heterocycles. The smallest absolute Gasteiger partial charge is 0.196 e. The molecule has 110 valence electrons. The fourth-order valence-electron chi connectivity index (χ4n) is 3.03. The summed E-state index contributed by atoms with van der Waals surface area (Å²) in [5, 5.41) is 0.684. The number of nitrogens with two attached hydrogens (primary N) is 1. The molecule has 1 aliphatic rings. The van der Waals surface area contributed by atoms with E-state index in [1.165, 1.54) is 10.4 Å². The molecule has 0 amide bonds. The van der Waals surface area contributed by atoms with E-state index in [4.69, 9.17) is 5.73 Å². The lowest BCUT2D eigenvalue weighted by atomic mass is 9.76. The summed E-state index contributed by atoms with van der Waals surface area (Å²) in [6, 6.07) is 7.75. The van der Waals surface area contributed by atoms with E-state index in [9.17, 15) is 4.79 Å². The SMILES string of the molecule is Cc1ccc(C(=O)c2c(N)sc3c2CCC(C)(C)C3)cc1. The number of aryl methyl sites for hydroxylation is 1. The van der Waals surface area contributed by atoms with Crippen LogP contribution in [0.25, 0.3) is 0 Å². The highest BCUT2D eigenvalue weighted by atomic mass is 32.1. The molecule has 1 aromatic carbocycles. The van der Waals surface area contributed by atoms with E-state index < -0.39 is 0 Å². The van der Waals surface area contributed by atoms with Crippen molar-refractivity contribution in [3.8, 4) is 0 Å². The highest BCUT2D eigenvalue weighted by Crippen LogP contribution is 2.43. The summed E-state index contributed by atoms with van der Waals surface area (Å²) in [6.07, 6.45) is 3.10. The maximum absolute atomic E-state index is 12.8. The van der Waals surface area contributed by atoms with E-state index >= 15 is 0 Å². The van der Waals surface area contributed by atoms with Gasteiger partial charge < -0.3 is 5.73 Å². The van der Waals surface area contributed by atoms with Gasteiger partial charge in [0.1, 0.15) is 0 Å². The van der Waals surface area contributed by atoms with Gasteiger partial charge >= 0.3 is 0 Å². The summed E-state index contributed by atoms with van der Waals surface area (Å²) < 4.78 is 0. The lowest BCUT2D eigenvalue weighted by Crippen LogP contribution is -2.22. The number of hydrogen-bond acceptors (Lipinski definition) is 3.